The Morgan fingerprint density at radius 2 is 1.75 bits per heavy atom. The lowest BCUT2D eigenvalue weighted by Crippen LogP contribution is -2.20. The van der Waals surface area contributed by atoms with E-state index in [-0.39, 0.29) is 0 Å². The van der Waals surface area contributed by atoms with Gasteiger partial charge in [0.1, 0.15) is 18.0 Å². The second kappa shape index (κ2) is 9.50. The summed E-state index contributed by atoms with van der Waals surface area (Å²) >= 11 is 0. The van der Waals surface area contributed by atoms with Gasteiger partial charge in [-0.05, 0) is 27.4 Å². The lowest BCUT2D eigenvalue weighted by molar-refractivity contribution is 0.126. The number of nitrogens with zero attached hydrogens (tertiary/aromatic N) is 3. The Hall–Kier alpha value is -1.40. The first-order valence-electron chi connectivity index (χ1n) is 7.17. The topological polar surface area (TPSA) is 62.3 Å². The molecule has 0 saturated heterocycles. The summed E-state index contributed by atoms with van der Waals surface area (Å²) in [6.45, 7) is 8.19. The van der Waals surface area contributed by atoms with E-state index >= 15 is 0 Å². The maximum absolute atomic E-state index is 5.54. The van der Waals surface area contributed by atoms with Crippen LogP contribution in [0.5, 0.6) is 0 Å². The molecule has 0 radical (unpaired) electrons. The average Bonchev–Trinajstić information content (AvgIpc) is 2.42. The third kappa shape index (κ3) is 6.16. The Morgan fingerprint density at radius 3 is 2.35 bits per heavy atom. The molecule has 0 saturated carbocycles. The summed E-state index contributed by atoms with van der Waals surface area (Å²) in [6, 6.07) is 0. The zero-order chi connectivity index (χ0) is 14.8. The molecular formula is C14H27N5O. The van der Waals surface area contributed by atoms with E-state index in [9.17, 15) is 0 Å². The van der Waals surface area contributed by atoms with Crippen molar-refractivity contribution in [1.29, 1.82) is 0 Å². The summed E-state index contributed by atoms with van der Waals surface area (Å²) in [5, 5.41) is 6.59. The van der Waals surface area contributed by atoms with E-state index in [4.69, 9.17) is 4.74 Å². The summed E-state index contributed by atoms with van der Waals surface area (Å²) in [4.78, 5) is 10.6. The average molecular weight is 281 g/mol. The van der Waals surface area contributed by atoms with Gasteiger partial charge >= 0.3 is 0 Å². The summed E-state index contributed by atoms with van der Waals surface area (Å²) in [7, 11) is 4.08. The van der Waals surface area contributed by atoms with Gasteiger partial charge < -0.3 is 20.3 Å². The van der Waals surface area contributed by atoms with Crippen molar-refractivity contribution in [3.63, 3.8) is 0 Å². The minimum absolute atomic E-state index is 0.676. The van der Waals surface area contributed by atoms with Gasteiger partial charge in [0.2, 0.25) is 0 Å². The van der Waals surface area contributed by atoms with Gasteiger partial charge in [-0.15, -0.1) is 0 Å². The van der Waals surface area contributed by atoms with Crippen LogP contribution in [0.15, 0.2) is 6.33 Å². The Kier molecular flexibility index (Phi) is 7.91. The molecule has 1 aromatic rings. The molecule has 0 aliphatic rings. The first kappa shape index (κ1) is 16.7. The second-order valence-electron chi connectivity index (χ2n) is 4.97. The summed E-state index contributed by atoms with van der Waals surface area (Å²) in [6.07, 6.45) is 2.66. The largest absolute Gasteiger partial charge is 0.378 e. The fourth-order valence-corrected chi connectivity index (χ4v) is 1.64. The molecule has 0 unspecified atom stereocenters. The van der Waals surface area contributed by atoms with Crippen LogP contribution in [0.2, 0.25) is 0 Å². The monoisotopic (exact) mass is 281 g/mol. The molecule has 0 aromatic carbocycles. The number of nitrogens with one attached hydrogen (secondary N) is 2. The molecular weight excluding hydrogens is 254 g/mol. The molecule has 0 aliphatic carbocycles. The van der Waals surface area contributed by atoms with Crippen molar-refractivity contribution in [3.05, 3.63) is 11.9 Å². The van der Waals surface area contributed by atoms with Crippen LogP contribution in [0.3, 0.4) is 0 Å². The standard InChI is InChI=1S/C14H27N5O/c1-5-6-15-13-12(2)14(18-11-17-13)16-7-9-20-10-8-19(3)4/h11H,5-10H2,1-4H3,(H2,15,16,17,18). The molecule has 0 fully saturated rings. The molecule has 0 bridgehead atoms. The van der Waals surface area contributed by atoms with Crippen molar-refractivity contribution in [3.8, 4) is 0 Å². The van der Waals surface area contributed by atoms with E-state index in [0.717, 1.165) is 49.9 Å². The molecule has 0 atom stereocenters. The van der Waals surface area contributed by atoms with Crippen LogP contribution in [-0.2, 0) is 4.74 Å². The molecule has 0 amide bonds. The SMILES string of the molecule is CCCNc1ncnc(NCCOCCN(C)C)c1C. The maximum atomic E-state index is 5.54. The van der Waals surface area contributed by atoms with Crippen molar-refractivity contribution < 1.29 is 4.74 Å². The van der Waals surface area contributed by atoms with E-state index in [2.05, 4.69) is 32.4 Å². The highest BCUT2D eigenvalue weighted by molar-refractivity contribution is 5.56. The molecule has 2 N–H and O–H groups in total. The molecule has 1 aromatic heterocycles. The van der Waals surface area contributed by atoms with E-state index in [1.807, 2.05) is 21.0 Å². The molecule has 20 heavy (non-hydrogen) atoms. The molecule has 6 heteroatoms. The van der Waals surface area contributed by atoms with Gasteiger partial charge in [0.25, 0.3) is 0 Å². The molecule has 0 spiro atoms. The Morgan fingerprint density at radius 1 is 1.10 bits per heavy atom. The minimum Gasteiger partial charge on any atom is -0.378 e. The Labute approximate surface area is 121 Å². The van der Waals surface area contributed by atoms with E-state index in [0.29, 0.717) is 6.61 Å². The molecule has 114 valence electrons. The number of likely N-dealkylation sites (N-methyl/N-ethyl adjacent to an activating group) is 1. The van der Waals surface area contributed by atoms with Crippen molar-refractivity contribution in [2.24, 2.45) is 0 Å². The smallest absolute Gasteiger partial charge is 0.134 e. The van der Waals surface area contributed by atoms with Crippen LogP contribution in [0.1, 0.15) is 18.9 Å². The van der Waals surface area contributed by atoms with Gasteiger partial charge in [-0.2, -0.15) is 0 Å². The van der Waals surface area contributed by atoms with Crippen LogP contribution >= 0.6 is 0 Å². The highest BCUT2D eigenvalue weighted by Crippen LogP contribution is 2.17. The van der Waals surface area contributed by atoms with Gasteiger partial charge in [0.15, 0.2) is 0 Å². The summed E-state index contributed by atoms with van der Waals surface area (Å²) in [5.41, 5.74) is 1.05. The predicted octanol–water partition coefficient (Wildman–Crippen LogP) is 1.60. The Bertz CT molecular complexity index is 384. The molecule has 1 rings (SSSR count). The van der Waals surface area contributed by atoms with Crippen molar-refractivity contribution >= 4 is 11.6 Å². The normalized spacial score (nSPS) is 10.8. The quantitative estimate of drug-likeness (QED) is 0.635. The first-order chi connectivity index (χ1) is 9.65. The third-order valence-electron chi connectivity index (χ3n) is 2.85. The highest BCUT2D eigenvalue weighted by Gasteiger charge is 2.05. The fourth-order valence-electron chi connectivity index (χ4n) is 1.64. The highest BCUT2D eigenvalue weighted by atomic mass is 16.5. The van der Waals surface area contributed by atoms with Crippen LogP contribution in [0, 0.1) is 6.92 Å². The van der Waals surface area contributed by atoms with Gasteiger partial charge in [0.05, 0.1) is 13.2 Å². The number of ether oxygens (including phenoxy) is 1. The van der Waals surface area contributed by atoms with E-state index in [1.54, 1.807) is 6.33 Å². The van der Waals surface area contributed by atoms with Crippen LogP contribution in [0.25, 0.3) is 0 Å². The van der Waals surface area contributed by atoms with Crippen LogP contribution < -0.4 is 10.6 Å². The maximum Gasteiger partial charge on any atom is 0.134 e. The first-order valence-corrected chi connectivity index (χ1v) is 7.17. The van der Waals surface area contributed by atoms with Crippen molar-refractivity contribution in [2.75, 3.05) is 57.6 Å². The fraction of sp³-hybridized carbons (Fsp3) is 0.714. The summed E-state index contributed by atoms with van der Waals surface area (Å²) in [5.74, 6) is 1.77. The van der Waals surface area contributed by atoms with Gasteiger partial charge in [-0.25, -0.2) is 9.97 Å². The lowest BCUT2D eigenvalue weighted by Gasteiger charge is -2.13. The van der Waals surface area contributed by atoms with Crippen molar-refractivity contribution in [1.82, 2.24) is 14.9 Å². The van der Waals surface area contributed by atoms with E-state index in [1.165, 1.54) is 0 Å². The number of rotatable bonds is 10. The van der Waals surface area contributed by atoms with Gasteiger partial charge in [-0.1, -0.05) is 6.92 Å². The molecule has 6 nitrogen and oxygen atoms in total. The zero-order valence-corrected chi connectivity index (χ0v) is 13.1. The third-order valence-corrected chi connectivity index (χ3v) is 2.85. The van der Waals surface area contributed by atoms with Crippen molar-refractivity contribution in [2.45, 2.75) is 20.3 Å². The van der Waals surface area contributed by atoms with Gasteiger partial charge in [0, 0.05) is 25.2 Å². The lowest BCUT2D eigenvalue weighted by atomic mass is 10.3. The number of aromatic nitrogens is 2. The Balaban J connectivity index is 2.32. The zero-order valence-electron chi connectivity index (χ0n) is 13.1. The van der Waals surface area contributed by atoms with Crippen LogP contribution in [0.4, 0.5) is 11.6 Å². The number of hydrogen-bond acceptors (Lipinski definition) is 6. The second-order valence-corrected chi connectivity index (χ2v) is 4.97. The summed E-state index contributed by atoms with van der Waals surface area (Å²) < 4.78 is 5.54. The number of anilines is 2. The predicted molar refractivity (Wildman–Crippen MR) is 83.4 cm³/mol. The molecule has 0 aliphatic heterocycles. The van der Waals surface area contributed by atoms with Gasteiger partial charge in [-0.3, -0.25) is 0 Å². The molecule has 1 heterocycles. The van der Waals surface area contributed by atoms with E-state index < -0.39 is 0 Å². The van der Waals surface area contributed by atoms with Crippen LogP contribution in [-0.4, -0.2) is 61.8 Å². The number of hydrogen-bond donors (Lipinski definition) is 2. The minimum atomic E-state index is 0.676.